The molecule has 0 heterocycles. The number of rotatable bonds is 11. The zero-order valence-electron chi connectivity index (χ0n) is 22.8. The van der Waals surface area contributed by atoms with Crippen LogP contribution >= 0.6 is 0 Å². The Hall–Kier alpha value is -3.55. The summed E-state index contributed by atoms with van der Waals surface area (Å²) < 4.78 is 10.7. The van der Waals surface area contributed by atoms with E-state index in [0.717, 1.165) is 17.8 Å². The molecule has 2 aromatic carbocycles. The molecule has 2 amide bonds. The molecule has 0 aromatic heterocycles. The van der Waals surface area contributed by atoms with Crippen molar-refractivity contribution in [3.8, 4) is 0 Å². The molecule has 0 bridgehead atoms. The SMILES string of the molecule is CC(C)(C)OC(=O)NC(CCC(=O)Nc1ccccc1NCC1CCCCC1)C(=O)OCc1ccccc1. The zero-order valence-corrected chi connectivity index (χ0v) is 22.8. The van der Waals surface area contributed by atoms with Gasteiger partial charge in [0.25, 0.3) is 0 Å². The van der Waals surface area contributed by atoms with E-state index in [2.05, 4.69) is 16.0 Å². The lowest BCUT2D eigenvalue weighted by atomic mass is 9.89. The lowest BCUT2D eigenvalue weighted by molar-refractivity contribution is -0.147. The van der Waals surface area contributed by atoms with Crippen molar-refractivity contribution < 1.29 is 23.9 Å². The zero-order chi connectivity index (χ0) is 27.4. The van der Waals surface area contributed by atoms with E-state index in [0.29, 0.717) is 11.6 Å². The third kappa shape index (κ3) is 10.4. The highest BCUT2D eigenvalue weighted by molar-refractivity contribution is 5.94. The van der Waals surface area contributed by atoms with Crippen molar-refractivity contribution in [2.75, 3.05) is 17.2 Å². The molecule has 206 valence electrons. The maximum atomic E-state index is 12.9. The minimum atomic E-state index is -1.03. The molecule has 0 radical (unpaired) electrons. The van der Waals surface area contributed by atoms with Crippen LogP contribution in [0.25, 0.3) is 0 Å². The fourth-order valence-corrected chi connectivity index (χ4v) is 4.41. The third-order valence-corrected chi connectivity index (χ3v) is 6.37. The largest absolute Gasteiger partial charge is 0.459 e. The van der Waals surface area contributed by atoms with Gasteiger partial charge in [-0.25, -0.2) is 9.59 Å². The topological polar surface area (TPSA) is 106 Å². The fraction of sp³-hybridized carbons (Fsp3) is 0.500. The molecule has 1 fully saturated rings. The molecule has 0 aliphatic heterocycles. The van der Waals surface area contributed by atoms with Gasteiger partial charge in [-0.05, 0) is 63.6 Å². The molecule has 8 heteroatoms. The molecule has 38 heavy (non-hydrogen) atoms. The van der Waals surface area contributed by atoms with E-state index < -0.39 is 23.7 Å². The van der Waals surface area contributed by atoms with Crippen molar-refractivity contribution in [2.24, 2.45) is 5.92 Å². The van der Waals surface area contributed by atoms with Gasteiger partial charge >= 0.3 is 12.1 Å². The molecular weight excluding hydrogens is 482 g/mol. The van der Waals surface area contributed by atoms with Crippen molar-refractivity contribution in [2.45, 2.75) is 84.0 Å². The Morgan fingerprint density at radius 1 is 0.921 bits per heavy atom. The number of ether oxygens (including phenoxy) is 2. The van der Waals surface area contributed by atoms with Gasteiger partial charge in [0.2, 0.25) is 5.91 Å². The second-order valence-electron chi connectivity index (χ2n) is 10.8. The monoisotopic (exact) mass is 523 g/mol. The smallest absolute Gasteiger partial charge is 0.408 e. The predicted molar refractivity (Wildman–Crippen MR) is 149 cm³/mol. The van der Waals surface area contributed by atoms with Crippen LogP contribution in [-0.2, 0) is 25.7 Å². The van der Waals surface area contributed by atoms with E-state index in [9.17, 15) is 14.4 Å². The van der Waals surface area contributed by atoms with Gasteiger partial charge < -0.3 is 25.4 Å². The number of amides is 2. The second-order valence-corrected chi connectivity index (χ2v) is 10.8. The van der Waals surface area contributed by atoms with E-state index >= 15 is 0 Å². The number of alkyl carbamates (subject to hydrolysis) is 1. The molecule has 2 aromatic rings. The number of para-hydroxylation sites is 2. The Labute approximate surface area is 225 Å². The summed E-state index contributed by atoms with van der Waals surface area (Å²) in [5.41, 5.74) is 1.66. The molecule has 1 aliphatic carbocycles. The molecule has 3 rings (SSSR count). The van der Waals surface area contributed by atoms with Crippen molar-refractivity contribution in [1.29, 1.82) is 0 Å². The molecule has 8 nitrogen and oxygen atoms in total. The number of carbonyl (C=O) groups is 3. The quantitative estimate of drug-likeness (QED) is 0.310. The summed E-state index contributed by atoms with van der Waals surface area (Å²) in [6, 6.07) is 15.8. The summed E-state index contributed by atoms with van der Waals surface area (Å²) >= 11 is 0. The highest BCUT2D eigenvalue weighted by atomic mass is 16.6. The first-order valence-corrected chi connectivity index (χ1v) is 13.5. The second kappa shape index (κ2) is 14.4. The van der Waals surface area contributed by atoms with Crippen LogP contribution in [0.5, 0.6) is 0 Å². The van der Waals surface area contributed by atoms with Crippen molar-refractivity contribution in [3.05, 3.63) is 60.2 Å². The first kappa shape index (κ1) is 29.0. The van der Waals surface area contributed by atoms with Crippen LogP contribution in [0.15, 0.2) is 54.6 Å². The summed E-state index contributed by atoms with van der Waals surface area (Å²) in [4.78, 5) is 38.1. The third-order valence-electron chi connectivity index (χ3n) is 6.37. The van der Waals surface area contributed by atoms with Crippen LogP contribution in [0.1, 0.15) is 71.3 Å². The van der Waals surface area contributed by atoms with Gasteiger partial charge in [0, 0.05) is 13.0 Å². The van der Waals surface area contributed by atoms with Crippen LogP contribution in [-0.4, -0.2) is 36.2 Å². The number of esters is 1. The van der Waals surface area contributed by atoms with Crippen LogP contribution in [0, 0.1) is 5.92 Å². The van der Waals surface area contributed by atoms with Crippen LogP contribution in [0.3, 0.4) is 0 Å². The lowest BCUT2D eigenvalue weighted by Crippen LogP contribution is -2.44. The minimum absolute atomic E-state index is 0.0118. The van der Waals surface area contributed by atoms with E-state index in [-0.39, 0.29) is 25.4 Å². The van der Waals surface area contributed by atoms with Crippen molar-refractivity contribution >= 4 is 29.3 Å². The Bertz CT molecular complexity index is 1050. The summed E-state index contributed by atoms with van der Waals surface area (Å²) in [5, 5.41) is 9.00. The van der Waals surface area contributed by atoms with Crippen LogP contribution in [0.4, 0.5) is 16.2 Å². The number of hydrogen-bond acceptors (Lipinski definition) is 6. The Morgan fingerprint density at radius 3 is 2.26 bits per heavy atom. The highest BCUT2D eigenvalue weighted by Gasteiger charge is 2.26. The molecule has 1 saturated carbocycles. The van der Waals surface area contributed by atoms with Gasteiger partial charge in [0.15, 0.2) is 0 Å². The van der Waals surface area contributed by atoms with E-state index in [1.54, 1.807) is 20.8 Å². The number of nitrogens with one attached hydrogen (secondary N) is 3. The molecular formula is C30H41N3O5. The molecule has 0 spiro atoms. The first-order chi connectivity index (χ1) is 18.2. The maximum Gasteiger partial charge on any atom is 0.408 e. The van der Waals surface area contributed by atoms with E-state index in [4.69, 9.17) is 9.47 Å². The average molecular weight is 524 g/mol. The highest BCUT2D eigenvalue weighted by Crippen LogP contribution is 2.26. The Kier molecular flexibility index (Phi) is 11.0. The van der Waals surface area contributed by atoms with Gasteiger partial charge in [-0.2, -0.15) is 0 Å². The van der Waals surface area contributed by atoms with Gasteiger partial charge in [0.05, 0.1) is 11.4 Å². The molecule has 1 atom stereocenters. The Balaban J connectivity index is 1.57. The fourth-order valence-electron chi connectivity index (χ4n) is 4.41. The standard InChI is InChI=1S/C30H41N3O5/c1-30(2,3)38-29(36)33-26(28(35)37-21-23-14-8-5-9-15-23)18-19-27(34)32-25-17-11-10-16-24(25)31-20-22-12-6-4-7-13-22/h5,8-11,14-17,22,26,31H,4,6-7,12-13,18-21H2,1-3H3,(H,32,34)(H,33,36). The average Bonchev–Trinajstić information content (AvgIpc) is 2.89. The van der Waals surface area contributed by atoms with Gasteiger partial charge in [0.1, 0.15) is 18.2 Å². The molecule has 1 aliphatic rings. The summed E-state index contributed by atoms with van der Waals surface area (Å²) in [5.74, 6) is -0.236. The van der Waals surface area contributed by atoms with Crippen LogP contribution < -0.4 is 16.0 Å². The van der Waals surface area contributed by atoms with Crippen molar-refractivity contribution in [3.63, 3.8) is 0 Å². The predicted octanol–water partition coefficient (Wildman–Crippen LogP) is 6.03. The number of benzene rings is 2. The summed E-state index contributed by atoms with van der Waals surface area (Å²) in [6.45, 7) is 6.16. The number of carbonyl (C=O) groups excluding carboxylic acids is 3. The summed E-state index contributed by atoms with van der Waals surface area (Å²) in [7, 11) is 0. The van der Waals surface area contributed by atoms with Gasteiger partial charge in [-0.15, -0.1) is 0 Å². The first-order valence-electron chi connectivity index (χ1n) is 13.5. The molecule has 1 unspecified atom stereocenters. The number of hydrogen-bond donors (Lipinski definition) is 3. The molecule has 3 N–H and O–H groups in total. The minimum Gasteiger partial charge on any atom is -0.459 e. The lowest BCUT2D eigenvalue weighted by Gasteiger charge is -2.23. The maximum absolute atomic E-state index is 12.9. The molecule has 0 saturated heterocycles. The normalized spacial score (nSPS) is 14.7. The van der Waals surface area contributed by atoms with Crippen molar-refractivity contribution in [1.82, 2.24) is 5.32 Å². The van der Waals surface area contributed by atoms with Gasteiger partial charge in [-0.1, -0.05) is 61.7 Å². The van der Waals surface area contributed by atoms with Crippen LogP contribution in [0.2, 0.25) is 0 Å². The van der Waals surface area contributed by atoms with Gasteiger partial charge in [-0.3, -0.25) is 4.79 Å². The number of anilines is 2. The Morgan fingerprint density at radius 2 is 1.58 bits per heavy atom. The van der Waals surface area contributed by atoms with E-state index in [1.807, 2.05) is 54.6 Å². The van der Waals surface area contributed by atoms with E-state index in [1.165, 1.54) is 32.1 Å². The summed E-state index contributed by atoms with van der Waals surface area (Å²) in [6.07, 6.45) is 5.66.